The third kappa shape index (κ3) is 3.87. The molecule has 2 aromatic rings. The molecule has 1 aromatic heterocycles. The Bertz CT molecular complexity index is 755. The molecule has 5 nitrogen and oxygen atoms in total. The van der Waals surface area contributed by atoms with Crippen LogP contribution in [0, 0.1) is 0 Å². The Kier molecular flexibility index (Phi) is 5.04. The zero-order valence-electron chi connectivity index (χ0n) is 13.9. The summed E-state index contributed by atoms with van der Waals surface area (Å²) in [5, 5.41) is 0. The van der Waals surface area contributed by atoms with Crippen molar-refractivity contribution in [3.8, 4) is 0 Å². The number of hydrogen-bond donors (Lipinski definition) is 1. The molecule has 1 saturated carbocycles. The highest BCUT2D eigenvalue weighted by Crippen LogP contribution is 2.25. The van der Waals surface area contributed by atoms with Gasteiger partial charge in [-0.2, -0.15) is 0 Å². The summed E-state index contributed by atoms with van der Waals surface area (Å²) in [5.74, 6) is 0.879. The van der Waals surface area contributed by atoms with Gasteiger partial charge in [0.15, 0.2) is 0 Å². The Morgan fingerprint density at radius 3 is 2.38 bits per heavy atom. The Morgan fingerprint density at radius 1 is 1.04 bits per heavy atom. The Balaban J connectivity index is 1.70. The summed E-state index contributed by atoms with van der Waals surface area (Å²) in [6.45, 7) is 0. The topological polar surface area (TPSA) is 62.3 Å². The number of aromatic nitrogens is 1. The van der Waals surface area contributed by atoms with Crippen molar-refractivity contribution in [3.63, 3.8) is 0 Å². The summed E-state index contributed by atoms with van der Waals surface area (Å²) in [4.78, 5) is 6.88. The molecule has 128 valence electrons. The van der Waals surface area contributed by atoms with Gasteiger partial charge in [0, 0.05) is 13.1 Å². The molecule has 0 amide bonds. The first-order chi connectivity index (χ1) is 11.6. The monoisotopic (exact) mass is 345 g/mol. The summed E-state index contributed by atoms with van der Waals surface area (Å²) >= 11 is 0. The van der Waals surface area contributed by atoms with E-state index >= 15 is 0 Å². The molecule has 0 radical (unpaired) electrons. The van der Waals surface area contributed by atoms with Crippen LogP contribution in [0.2, 0.25) is 0 Å². The number of hydrogen-bond acceptors (Lipinski definition) is 4. The van der Waals surface area contributed by atoms with Crippen molar-refractivity contribution < 1.29 is 8.42 Å². The first kappa shape index (κ1) is 16.8. The van der Waals surface area contributed by atoms with Crippen molar-refractivity contribution in [3.05, 3.63) is 48.7 Å². The van der Waals surface area contributed by atoms with E-state index in [2.05, 4.69) is 21.7 Å². The first-order valence-electron chi connectivity index (χ1n) is 8.33. The van der Waals surface area contributed by atoms with Gasteiger partial charge >= 0.3 is 0 Å². The van der Waals surface area contributed by atoms with Crippen molar-refractivity contribution in [2.45, 2.75) is 43.0 Å². The first-order valence-corrected chi connectivity index (χ1v) is 9.81. The Morgan fingerprint density at radius 2 is 1.75 bits per heavy atom. The standard InChI is InChI=1S/C18H23N3O2S/c1-21(16-8-4-2-5-9-16)18-13-12-15(14-19-18)20-24(22,23)17-10-6-3-7-11-17/h3,6-7,10-14,16,20H,2,4-5,8-9H2,1H3. The summed E-state index contributed by atoms with van der Waals surface area (Å²) in [5.41, 5.74) is 0.472. The zero-order chi connectivity index (χ0) is 17.0. The maximum atomic E-state index is 12.3. The maximum absolute atomic E-state index is 12.3. The molecule has 1 aromatic carbocycles. The predicted molar refractivity (Wildman–Crippen MR) is 96.8 cm³/mol. The molecule has 1 N–H and O–H groups in total. The fraction of sp³-hybridized carbons (Fsp3) is 0.389. The number of nitrogens with one attached hydrogen (secondary N) is 1. The van der Waals surface area contributed by atoms with Crippen LogP contribution in [0.25, 0.3) is 0 Å². The SMILES string of the molecule is CN(c1ccc(NS(=O)(=O)c2ccccc2)cn1)C1CCCCC1. The van der Waals surface area contributed by atoms with E-state index < -0.39 is 10.0 Å². The summed E-state index contributed by atoms with van der Waals surface area (Å²) in [6.07, 6.45) is 7.82. The lowest BCUT2D eigenvalue weighted by Crippen LogP contribution is -2.33. The molecule has 0 unspecified atom stereocenters. The van der Waals surface area contributed by atoms with Crippen LogP contribution in [0.1, 0.15) is 32.1 Å². The van der Waals surface area contributed by atoms with Crippen LogP contribution < -0.4 is 9.62 Å². The van der Waals surface area contributed by atoms with Gasteiger partial charge in [-0.05, 0) is 37.1 Å². The molecule has 6 heteroatoms. The van der Waals surface area contributed by atoms with Crippen LogP contribution in [-0.4, -0.2) is 26.5 Å². The number of sulfonamides is 1. The minimum Gasteiger partial charge on any atom is -0.357 e. The van der Waals surface area contributed by atoms with Gasteiger partial charge in [-0.15, -0.1) is 0 Å². The van der Waals surface area contributed by atoms with E-state index in [9.17, 15) is 8.42 Å². The second-order valence-corrected chi connectivity index (χ2v) is 7.91. The minimum absolute atomic E-state index is 0.244. The van der Waals surface area contributed by atoms with Gasteiger partial charge in [0.25, 0.3) is 10.0 Å². The molecule has 1 fully saturated rings. The second-order valence-electron chi connectivity index (χ2n) is 6.23. The van der Waals surface area contributed by atoms with E-state index in [1.807, 2.05) is 6.07 Å². The van der Waals surface area contributed by atoms with Gasteiger partial charge in [0.05, 0.1) is 16.8 Å². The highest BCUT2D eigenvalue weighted by atomic mass is 32.2. The Labute approximate surface area is 143 Å². The third-order valence-corrected chi connectivity index (χ3v) is 5.93. The van der Waals surface area contributed by atoms with Gasteiger partial charge in [-0.3, -0.25) is 4.72 Å². The summed E-state index contributed by atoms with van der Waals surface area (Å²) in [7, 11) is -1.51. The maximum Gasteiger partial charge on any atom is 0.261 e. The lowest BCUT2D eigenvalue weighted by molar-refractivity contribution is 0.426. The zero-order valence-corrected chi connectivity index (χ0v) is 14.7. The van der Waals surface area contributed by atoms with E-state index in [0.29, 0.717) is 11.7 Å². The quantitative estimate of drug-likeness (QED) is 0.898. The predicted octanol–water partition coefficient (Wildman–Crippen LogP) is 3.65. The van der Waals surface area contributed by atoms with E-state index in [1.54, 1.807) is 42.6 Å². The molecule has 0 spiro atoms. The molecule has 0 bridgehead atoms. The van der Waals surface area contributed by atoms with Crippen LogP contribution in [0.3, 0.4) is 0 Å². The fourth-order valence-electron chi connectivity index (χ4n) is 3.12. The lowest BCUT2D eigenvalue weighted by atomic mass is 9.94. The van der Waals surface area contributed by atoms with Gasteiger partial charge in [0.2, 0.25) is 0 Å². The average Bonchev–Trinajstić information content (AvgIpc) is 2.63. The molecule has 0 saturated heterocycles. The van der Waals surface area contributed by atoms with Gasteiger partial charge < -0.3 is 4.90 Å². The van der Waals surface area contributed by atoms with Gasteiger partial charge in [-0.1, -0.05) is 37.5 Å². The smallest absolute Gasteiger partial charge is 0.261 e. The van der Waals surface area contributed by atoms with E-state index in [4.69, 9.17) is 0 Å². The summed E-state index contributed by atoms with van der Waals surface area (Å²) in [6, 6.07) is 12.5. The highest BCUT2D eigenvalue weighted by molar-refractivity contribution is 7.92. The molecular weight excluding hydrogens is 322 g/mol. The lowest BCUT2D eigenvalue weighted by Gasteiger charge is -2.32. The molecule has 0 aliphatic heterocycles. The van der Waals surface area contributed by atoms with Crippen molar-refractivity contribution >= 4 is 21.5 Å². The molecule has 1 aliphatic carbocycles. The summed E-state index contributed by atoms with van der Waals surface area (Å²) < 4.78 is 27.2. The number of rotatable bonds is 5. The van der Waals surface area contributed by atoms with Crippen molar-refractivity contribution in [1.82, 2.24) is 4.98 Å². The number of anilines is 2. The molecule has 0 atom stereocenters. The normalized spacial score (nSPS) is 15.9. The minimum atomic E-state index is -3.57. The number of nitrogens with zero attached hydrogens (tertiary/aromatic N) is 2. The molecule has 3 rings (SSSR count). The van der Waals surface area contributed by atoms with Gasteiger partial charge in [0.1, 0.15) is 5.82 Å². The number of pyridine rings is 1. The van der Waals surface area contributed by atoms with Crippen molar-refractivity contribution in [2.24, 2.45) is 0 Å². The van der Waals surface area contributed by atoms with Crippen LogP contribution >= 0.6 is 0 Å². The average molecular weight is 345 g/mol. The fourth-order valence-corrected chi connectivity index (χ4v) is 4.19. The van der Waals surface area contributed by atoms with Crippen molar-refractivity contribution in [2.75, 3.05) is 16.7 Å². The Hall–Kier alpha value is -2.08. The van der Waals surface area contributed by atoms with Gasteiger partial charge in [-0.25, -0.2) is 13.4 Å². The third-order valence-electron chi connectivity index (χ3n) is 4.54. The molecule has 1 aliphatic rings. The van der Waals surface area contributed by atoms with Crippen LogP contribution in [0.15, 0.2) is 53.6 Å². The van der Waals surface area contributed by atoms with Crippen LogP contribution in [0.4, 0.5) is 11.5 Å². The van der Waals surface area contributed by atoms with Crippen molar-refractivity contribution in [1.29, 1.82) is 0 Å². The van der Waals surface area contributed by atoms with E-state index in [1.165, 1.54) is 32.1 Å². The number of benzene rings is 1. The largest absolute Gasteiger partial charge is 0.357 e. The molecule has 24 heavy (non-hydrogen) atoms. The van der Waals surface area contributed by atoms with Crippen LogP contribution in [-0.2, 0) is 10.0 Å². The van der Waals surface area contributed by atoms with E-state index in [0.717, 1.165) is 5.82 Å². The second kappa shape index (κ2) is 7.21. The van der Waals surface area contributed by atoms with E-state index in [-0.39, 0.29) is 4.90 Å². The highest BCUT2D eigenvalue weighted by Gasteiger charge is 2.19. The molecule has 1 heterocycles. The van der Waals surface area contributed by atoms with Crippen LogP contribution in [0.5, 0.6) is 0 Å². The molecular formula is C18H23N3O2S.